The lowest BCUT2D eigenvalue weighted by atomic mass is 10.3. The molecule has 0 fully saturated rings. The highest BCUT2D eigenvalue weighted by Gasteiger charge is 2.12. The molecule has 0 spiro atoms. The highest BCUT2D eigenvalue weighted by Crippen LogP contribution is 2.13. The first-order chi connectivity index (χ1) is 6.65. The zero-order valence-corrected chi connectivity index (χ0v) is 7.82. The lowest BCUT2D eigenvalue weighted by Crippen LogP contribution is -2.26. The first kappa shape index (κ1) is 10.8. The summed E-state index contributed by atoms with van der Waals surface area (Å²) in [5, 5.41) is 0. The van der Waals surface area contributed by atoms with E-state index < -0.39 is 6.43 Å². The van der Waals surface area contributed by atoms with Gasteiger partial charge in [-0.1, -0.05) is 0 Å². The molecule has 0 aliphatic carbocycles. The van der Waals surface area contributed by atoms with Crippen LogP contribution in [0.3, 0.4) is 0 Å². The van der Waals surface area contributed by atoms with Gasteiger partial charge in [-0.2, -0.15) is 0 Å². The van der Waals surface area contributed by atoms with Crippen LogP contribution in [0.2, 0.25) is 0 Å². The third kappa shape index (κ3) is 2.59. The van der Waals surface area contributed by atoms with Gasteiger partial charge in [-0.05, 0) is 0 Å². The van der Waals surface area contributed by atoms with E-state index in [9.17, 15) is 8.78 Å². The summed E-state index contributed by atoms with van der Waals surface area (Å²) in [5.74, 6) is 0.412. The Kier molecular flexibility index (Phi) is 3.70. The molecule has 2 N–H and O–H groups in total. The molecule has 4 nitrogen and oxygen atoms in total. The molecule has 0 bridgehead atoms. The zero-order chi connectivity index (χ0) is 10.6. The number of nitrogens with zero attached hydrogens (tertiary/aromatic N) is 3. The molecule has 0 amide bonds. The van der Waals surface area contributed by atoms with Crippen LogP contribution in [-0.4, -0.2) is 30.0 Å². The van der Waals surface area contributed by atoms with E-state index in [1.165, 1.54) is 24.3 Å². The van der Waals surface area contributed by atoms with Crippen LogP contribution in [-0.2, 0) is 6.54 Å². The molecule has 1 aromatic heterocycles. The summed E-state index contributed by atoms with van der Waals surface area (Å²) in [6, 6.07) is 0. The van der Waals surface area contributed by atoms with Crippen LogP contribution in [0.4, 0.5) is 14.6 Å². The second-order valence-electron chi connectivity index (χ2n) is 2.80. The molecule has 0 radical (unpaired) electrons. The first-order valence-corrected chi connectivity index (χ1v) is 4.14. The number of rotatable bonds is 4. The Morgan fingerprint density at radius 1 is 1.43 bits per heavy atom. The van der Waals surface area contributed by atoms with E-state index in [1.807, 2.05) is 0 Å². The van der Waals surface area contributed by atoms with Crippen LogP contribution in [0.1, 0.15) is 5.69 Å². The standard InChI is InChI=1S/C8H12F2N4/c1-14(5-7(9)10)8-6(4-11)12-2-3-13-8/h2-3,7H,4-5,11H2,1H3. The minimum Gasteiger partial charge on any atom is -0.352 e. The average Bonchev–Trinajstić information content (AvgIpc) is 2.16. The Hall–Kier alpha value is -1.30. The fraction of sp³-hybridized carbons (Fsp3) is 0.500. The Labute approximate surface area is 80.8 Å². The van der Waals surface area contributed by atoms with E-state index in [2.05, 4.69) is 9.97 Å². The lowest BCUT2D eigenvalue weighted by molar-refractivity contribution is 0.156. The highest BCUT2D eigenvalue weighted by atomic mass is 19.3. The number of nitrogens with two attached hydrogens (primary N) is 1. The molecular weight excluding hydrogens is 190 g/mol. The van der Waals surface area contributed by atoms with Crippen LogP contribution in [0.15, 0.2) is 12.4 Å². The maximum Gasteiger partial charge on any atom is 0.255 e. The predicted molar refractivity (Wildman–Crippen MR) is 49.2 cm³/mol. The van der Waals surface area contributed by atoms with E-state index >= 15 is 0 Å². The van der Waals surface area contributed by atoms with Crippen molar-refractivity contribution in [2.75, 3.05) is 18.5 Å². The molecule has 0 aromatic carbocycles. The Morgan fingerprint density at radius 2 is 2.07 bits per heavy atom. The summed E-state index contributed by atoms with van der Waals surface area (Å²) in [6.07, 6.45) is 0.547. The largest absolute Gasteiger partial charge is 0.352 e. The van der Waals surface area contributed by atoms with Crippen molar-refractivity contribution in [3.63, 3.8) is 0 Å². The maximum atomic E-state index is 12.1. The SMILES string of the molecule is CN(CC(F)F)c1nccnc1CN. The van der Waals surface area contributed by atoms with Gasteiger partial charge >= 0.3 is 0 Å². The van der Waals surface area contributed by atoms with Gasteiger partial charge in [0, 0.05) is 26.0 Å². The van der Waals surface area contributed by atoms with Crippen LogP contribution in [0.5, 0.6) is 0 Å². The molecule has 1 aromatic rings. The van der Waals surface area contributed by atoms with Gasteiger partial charge in [0.25, 0.3) is 6.43 Å². The van der Waals surface area contributed by atoms with Crippen LogP contribution < -0.4 is 10.6 Å². The van der Waals surface area contributed by atoms with Gasteiger partial charge in [-0.25, -0.2) is 13.8 Å². The highest BCUT2D eigenvalue weighted by molar-refractivity contribution is 5.41. The molecular formula is C8H12F2N4. The third-order valence-electron chi connectivity index (χ3n) is 1.72. The monoisotopic (exact) mass is 202 g/mol. The molecule has 78 valence electrons. The Balaban J connectivity index is 2.82. The number of alkyl halides is 2. The van der Waals surface area contributed by atoms with Crippen molar-refractivity contribution in [3.8, 4) is 0 Å². The quantitative estimate of drug-likeness (QED) is 0.778. The minimum absolute atomic E-state index is 0.191. The summed E-state index contributed by atoms with van der Waals surface area (Å²) in [6.45, 7) is -0.178. The van der Waals surface area contributed by atoms with Gasteiger partial charge in [0.1, 0.15) is 0 Å². The molecule has 0 atom stereocenters. The fourth-order valence-electron chi connectivity index (χ4n) is 1.12. The fourth-order valence-corrected chi connectivity index (χ4v) is 1.12. The second-order valence-corrected chi connectivity index (χ2v) is 2.80. The first-order valence-electron chi connectivity index (χ1n) is 4.14. The van der Waals surface area contributed by atoms with Crippen LogP contribution in [0, 0.1) is 0 Å². The number of hydrogen-bond acceptors (Lipinski definition) is 4. The molecule has 0 aliphatic rings. The van der Waals surface area contributed by atoms with Crippen LogP contribution in [0.25, 0.3) is 0 Å². The molecule has 1 heterocycles. The second kappa shape index (κ2) is 4.80. The molecule has 0 aliphatic heterocycles. The lowest BCUT2D eigenvalue weighted by Gasteiger charge is -2.19. The zero-order valence-electron chi connectivity index (χ0n) is 7.82. The van der Waals surface area contributed by atoms with Crippen molar-refractivity contribution in [2.24, 2.45) is 5.73 Å². The maximum absolute atomic E-state index is 12.1. The summed E-state index contributed by atoms with van der Waals surface area (Å²) < 4.78 is 24.2. The van der Waals surface area contributed by atoms with Gasteiger partial charge in [0.05, 0.1) is 12.2 Å². The molecule has 0 saturated heterocycles. The molecule has 6 heteroatoms. The minimum atomic E-state index is -2.40. The van der Waals surface area contributed by atoms with E-state index in [0.717, 1.165) is 0 Å². The van der Waals surface area contributed by atoms with Gasteiger partial charge in [0.15, 0.2) is 5.82 Å². The molecule has 1 rings (SSSR count). The Morgan fingerprint density at radius 3 is 2.64 bits per heavy atom. The Bertz CT molecular complexity index is 292. The van der Waals surface area contributed by atoms with E-state index in [1.54, 1.807) is 0 Å². The summed E-state index contributed by atoms with van der Waals surface area (Å²) >= 11 is 0. The van der Waals surface area contributed by atoms with Crippen molar-refractivity contribution in [2.45, 2.75) is 13.0 Å². The van der Waals surface area contributed by atoms with Crippen molar-refractivity contribution < 1.29 is 8.78 Å². The molecule has 0 unspecified atom stereocenters. The van der Waals surface area contributed by atoms with Crippen molar-refractivity contribution in [1.82, 2.24) is 9.97 Å². The normalized spacial score (nSPS) is 10.6. The van der Waals surface area contributed by atoms with Gasteiger partial charge in [-0.3, -0.25) is 4.98 Å². The molecule has 0 saturated carbocycles. The van der Waals surface area contributed by atoms with E-state index in [-0.39, 0.29) is 13.1 Å². The van der Waals surface area contributed by atoms with Gasteiger partial charge in [0.2, 0.25) is 0 Å². The number of hydrogen-bond donors (Lipinski definition) is 1. The van der Waals surface area contributed by atoms with E-state index in [0.29, 0.717) is 11.5 Å². The smallest absolute Gasteiger partial charge is 0.255 e. The predicted octanol–water partition coefficient (Wildman–Crippen LogP) is 0.637. The van der Waals surface area contributed by atoms with E-state index in [4.69, 9.17) is 5.73 Å². The summed E-state index contributed by atoms with van der Waals surface area (Å²) in [7, 11) is 1.54. The van der Waals surface area contributed by atoms with Crippen molar-refractivity contribution in [3.05, 3.63) is 18.1 Å². The third-order valence-corrected chi connectivity index (χ3v) is 1.72. The van der Waals surface area contributed by atoms with Gasteiger partial charge in [-0.15, -0.1) is 0 Å². The number of halogens is 2. The average molecular weight is 202 g/mol. The number of aromatic nitrogens is 2. The number of anilines is 1. The topological polar surface area (TPSA) is 55.0 Å². The van der Waals surface area contributed by atoms with Crippen LogP contribution >= 0.6 is 0 Å². The summed E-state index contributed by atoms with van der Waals surface area (Å²) in [4.78, 5) is 9.25. The summed E-state index contributed by atoms with van der Waals surface area (Å²) in [5.41, 5.74) is 5.93. The molecule has 14 heavy (non-hydrogen) atoms. The van der Waals surface area contributed by atoms with Gasteiger partial charge < -0.3 is 10.6 Å². The van der Waals surface area contributed by atoms with Crippen molar-refractivity contribution in [1.29, 1.82) is 0 Å². The van der Waals surface area contributed by atoms with Crippen molar-refractivity contribution >= 4 is 5.82 Å².